The molecule has 1 unspecified atom stereocenters. The lowest BCUT2D eigenvalue weighted by Crippen LogP contribution is -2.30. The van der Waals surface area contributed by atoms with Gasteiger partial charge in [-0.25, -0.2) is 0 Å². The molecule has 0 aliphatic heterocycles. The van der Waals surface area contributed by atoms with Crippen LogP contribution in [0, 0.1) is 0 Å². The van der Waals surface area contributed by atoms with E-state index in [1.807, 2.05) is 19.1 Å². The van der Waals surface area contributed by atoms with Gasteiger partial charge in [0.2, 0.25) is 0 Å². The Morgan fingerprint density at radius 1 is 1.26 bits per heavy atom. The van der Waals surface area contributed by atoms with Gasteiger partial charge in [-0.3, -0.25) is 0 Å². The summed E-state index contributed by atoms with van der Waals surface area (Å²) in [6.45, 7) is 7.56. The molecule has 0 aliphatic carbocycles. The number of nitrogens with one attached hydrogen (secondary N) is 1. The molecule has 1 rings (SSSR count). The van der Waals surface area contributed by atoms with Gasteiger partial charge in [0.25, 0.3) is 0 Å². The smallest absolute Gasteiger partial charge is 0.119 e. The van der Waals surface area contributed by atoms with E-state index in [0.29, 0.717) is 0 Å². The van der Waals surface area contributed by atoms with Gasteiger partial charge in [0.1, 0.15) is 11.9 Å². The third-order valence-electron chi connectivity index (χ3n) is 2.67. The highest BCUT2D eigenvalue weighted by Gasteiger charge is 2.03. The van der Waals surface area contributed by atoms with Gasteiger partial charge in [-0.2, -0.15) is 0 Å². The van der Waals surface area contributed by atoms with Gasteiger partial charge in [-0.1, -0.05) is 0 Å². The summed E-state index contributed by atoms with van der Waals surface area (Å²) in [4.78, 5) is 1.26. The zero-order valence-corrected chi connectivity index (χ0v) is 13.0. The minimum atomic E-state index is 0.173. The summed E-state index contributed by atoms with van der Waals surface area (Å²) in [5.74, 6) is 0.932. The van der Waals surface area contributed by atoms with Crippen LogP contribution < -0.4 is 10.1 Å². The molecule has 0 spiro atoms. The Balaban J connectivity index is 2.14. The fraction of sp³-hybridized carbons (Fsp3) is 0.600. The minimum Gasteiger partial charge on any atom is -0.489 e. The van der Waals surface area contributed by atoms with E-state index in [9.17, 15) is 0 Å². The normalized spacial score (nSPS) is 12.4. The molecule has 0 heterocycles. The van der Waals surface area contributed by atoms with Gasteiger partial charge in [0.05, 0.1) is 0 Å². The van der Waals surface area contributed by atoms with Crippen LogP contribution in [0.3, 0.4) is 0 Å². The van der Waals surface area contributed by atoms with Crippen LogP contribution in [0.15, 0.2) is 29.2 Å². The van der Waals surface area contributed by atoms with Crippen LogP contribution in [0.25, 0.3) is 0 Å². The average molecular weight is 283 g/mol. The Labute approximate surface area is 121 Å². The van der Waals surface area contributed by atoms with Crippen molar-refractivity contribution in [1.29, 1.82) is 0 Å². The maximum Gasteiger partial charge on any atom is 0.119 e. The van der Waals surface area contributed by atoms with Crippen molar-refractivity contribution in [1.82, 2.24) is 5.32 Å². The van der Waals surface area contributed by atoms with Crippen molar-refractivity contribution in [3.8, 4) is 5.75 Å². The van der Waals surface area contributed by atoms with Crippen LogP contribution in [0.2, 0.25) is 0 Å². The average Bonchev–Trinajstić information content (AvgIpc) is 2.43. The van der Waals surface area contributed by atoms with Gasteiger partial charge < -0.3 is 14.8 Å². The Kier molecular flexibility index (Phi) is 8.71. The second kappa shape index (κ2) is 10.1. The molecule has 0 amide bonds. The van der Waals surface area contributed by atoms with E-state index in [4.69, 9.17) is 9.47 Å². The molecule has 0 radical (unpaired) electrons. The first-order valence-electron chi connectivity index (χ1n) is 6.85. The van der Waals surface area contributed by atoms with Crippen LogP contribution in [-0.2, 0) is 4.74 Å². The first-order chi connectivity index (χ1) is 9.26. The van der Waals surface area contributed by atoms with Crippen molar-refractivity contribution in [3.05, 3.63) is 24.3 Å². The summed E-state index contributed by atoms with van der Waals surface area (Å²) < 4.78 is 11.1. The van der Waals surface area contributed by atoms with Crippen LogP contribution in [0.1, 0.15) is 20.3 Å². The van der Waals surface area contributed by atoms with Crippen LogP contribution in [0.5, 0.6) is 5.75 Å². The SMILES string of the molecule is CCOCCCNCC(C)Oc1ccc(SC)cc1. The molecule has 1 N–H and O–H groups in total. The van der Waals surface area contributed by atoms with E-state index in [0.717, 1.165) is 38.5 Å². The second-order valence-electron chi connectivity index (χ2n) is 4.36. The van der Waals surface area contributed by atoms with Crippen molar-refractivity contribution in [2.75, 3.05) is 32.6 Å². The number of ether oxygens (including phenoxy) is 2. The van der Waals surface area contributed by atoms with Gasteiger partial charge in [0.15, 0.2) is 0 Å². The zero-order valence-electron chi connectivity index (χ0n) is 12.1. The summed E-state index contributed by atoms with van der Waals surface area (Å²) >= 11 is 1.74. The van der Waals surface area contributed by atoms with E-state index < -0.39 is 0 Å². The van der Waals surface area contributed by atoms with Gasteiger partial charge in [0, 0.05) is 24.7 Å². The fourth-order valence-corrected chi connectivity index (χ4v) is 2.09. The molecule has 0 saturated heterocycles. The van der Waals surface area contributed by atoms with Gasteiger partial charge in [-0.05, 0) is 57.3 Å². The number of hydrogen-bond donors (Lipinski definition) is 1. The Morgan fingerprint density at radius 3 is 2.63 bits per heavy atom. The van der Waals surface area contributed by atoms with E-state index in [2.05, 4.69) is 30.6 Å². The van der Waals surface area contributed by atoms with Crippen LogP contribution >= 0.6 is 11.8 Å². The predicted octanol–water partition coefficient (Wildman–Crippen LogP) is 3.19. The van der Waals surface area contributed by atoms with Crippen LogP contribution in [0.4, 0.5) is 0 Å². The molecule has 19 heavy (non-hydrogen) atoms. The number of thioether (sulfide) groups is 1. The summed E-state index contributed by atoms with van der Waals surface area (Å²) in [6.07, 6.45) is 3.29. The number of benzene rings is 1. The molecule has 0 aliphatic rings. The summed E-state index contributed by atoms with van der Waals surface area (Å²) in [5, 5.41) is 3.38. The lowest BCUT2D eigenvalue weighted by molar-refractivity contribution is 0.143. The van der Waals surface area contributed by atoms with Crippen molar-refractivity contribution < 1.29 is 9.47 Å². The molecular weight excluding hydrogens is 258 g/mol. The topological polar surface area (TPSA) is 30.5 Å². The molecule has 1 aromatic carbocycles. The largest absolute Gasteiger partial charge is 0.489 e. The summed E-state index contributed by atoms with van der Waals surface area (Å²) in [5.41, 5.74) is 0. The molecule has 108 valence electrons. The Morgan fingerprint density at radius 2 is 2.00 bits per heavy atom. The van der Waals surface area contributed by atoms with Gasteiger partial charge in [-0.15, -0.1) is 11.8 Å². The number of hydrogen-bond acceptors (Lipinski definition) is 4. The van der Waals surface area contributed by atoms with E-state index in [1.165, 1.54) is 4.90 Å². The summed E-state index contributed by atoms with van der Waals surface area (Å²) in [6, 6.07) is 8.22. The maximum atomic E-state index is 5.84. The van der Waals surface area contributed by atoms with Crippen molar-refractivity contribution in [2.45, 2.75) is 31.3 Å². The molecule has 0 fully saturated rings. The highest BCUT2D eigenvalue weighted by Crippen LogP contribution is 2.19. The van der Waals surface area contributed by atoms with Gasteiger partial charge >= 0.3 is 0 Å². The number of rotatable bonds is 10. The first-order valence-corrected chi connectivity index (χ1v) is 8.08. The second-order valence-corrected chi connectivity index (χ2v) is 5.24. The highest BCUT2D eigenvalue weighted by molar-refractivity contribution is 7.98. The van der Waals surface area contributed by atoms with Crippen LogP contribution in [-0.4, -0.2) is 38.7 Å². The first kappa shape index (κ1) is 16.3. The Hall–Kier alpha value is -0.710. The quantitative estimate of drug-likeness (QED) is 0.528. The third kappa shape index (κ3) is 7.45. The molecule has 4 heteroatoms. The molecular formula is C15H25NO2S. The fourth-order valence-electron chi connectivity index (χ4n) is 1.68. The van der Waals surface area contributed by atoms with E-state index >= 15 is 0 Å². The molecule has 0 bridgehead atoms. The minimum absolute atomic E-state index is 0.173. The third-order valence-corrected chi connectivity index (χ3v) is 3.42. The lowest BCUT2D eigenvalue weighted by atomic mass is 10.3. The summed E-state index contributed by atoms with van der Waals surface area (Å²) in [7, 11) is 0. The van der Waals surface area contributed by atoms with Crippen molar-refractivity contribution in [3.63, 3.8) is 0 Å². The molecule has 0 aromatic heterocycles. The molecule has 3 nitrogen and oxygen atoms in total. The Bertz CT molecular complexity index is 329. The molecule has 1 atom stereocenters. The monoisotopic (exact) mass is 283 g/mol. The molecule has 0 saturated carbocycles. The highest BCUT2D eigenvalue weighted by atomic mass is 32.2. The van der Waals surface area contributed by atoms with E-state index in [-0.39, 0.29) is 6.10 Å². The maximum absolute atomic E-state index is 5.84. The molecule has 1 aromatic rings. The zero-order chi connectivity index (χ0) is 13.9. The predicted molar refractivity (Wildman–Crippen MR) is 82.3 cm³/mol. The van der Waals surface area contributed by atoms with Crippen molar-refractivity contribution in [2.24, 2.45) is 0 Å². The van der Waals surface area contributed by atoms with E-state index in [1.54, 1.807) is 11.8 Å². The standard InChI is InChI=1S/C15H25NO2S/c1-4-17-11-5-10-16-12-13(2)18-14-6-8-15(19-3)9-7-14/h6-9,13,16H,4-5,10-12H2,1-3H3. The lowest BCUT2D eigenvalue weighted by Gasteiger charge is -2.15. The van der Waals surface area contributed by atoms with Crippen molar-refractivity contribution >= 4 is 11.8 Å².